The molecular formula is C27H39N3O5S. The van der Waals surface area contributed by atoms with Crippen molar-refractivity contribution >= 4 is 27.5 Å². The summed E-state index contributed by atoms with van der Waals surface area (Å²) in [6.07, 6.45) is 2.19. The first-order chi connectivity index (χ1) is 17.0. The minimum atomic E-state index is -3.84. The summed E-state index contributed by atoms with van der Waals surface area (Å²) in [5.41, 5.74) is 2.21. The third kappa shape index (κ3) is 7.98. The molecule has 198 valence electrons. The topological polar surface area (TPSA) is 96.0 Å². The van der Waals surface area contributed by atoms with Crippen molar-refractivity contribution in [3.63, 3.8) is 0 Å². The van der Waals surface area contributed by atoms with E-state index in [9.17, 15) is 18.0 Å². The van der Waals surface area contributed by atoms with Crippen LogP contribution in [0.1, 0.15) is 51.7 Å². The molecule has 0 fully saturated rings. The first kappa shape index (κ1) is 29.2. The Bertz CT molecular complexity index is 1120. The number of anilines is 1. The van der Waals surface area contributed by atoms with Gasteiger partial charge in [0.15, 0.2) is 0 Å². The molecule has 0 heterocycles. The highest BCUT2D eigenvalue weighted by atomic mass is 32.2. The lowest BCUT2D eigenvalue weighted by Gasteiger charge is -2.33. The van der Waals surface area contributed by atoms with Crippen LogP contribution in [0.5, 0.6) is 5.75 Å². The second-order valence-electron chi connectivity index (χ2n) is 8.92. The van der Waals surface area contributed by atoms with Crippen LogP contribution in [0, 0.1) is 6.92 Å². The van der Waals surface area contributed by atoms with E-state index in [2.05, 4.69) is 5.32 Å². The van der Waals surface area contributed by atoms with Crippen LogP contribution in [0.4, 0.5) is 5.69 Å². The standard InChI is InChI=1S/C27H39N3O5S/c1-7-21(5)28-27(32)23(8-2)29(18-22-16-14-20(4)15-17-22)26(31)19-30(36(6,33)34)24-12-10-11-13-25(24)35-9-3/h10-17,21,23H,7-9,18-19H2,1-6H3,(H,28,32)/t21-,23-/m0/s1. The maximum Gasteiger partial charge on any atom is 0.244 e. The summed E-state index contributed by atoms with van der Waals surface area (Å²) < 4.78 is 32.3. The second-order valence-corrected chi connectivity index (χ2v) is 10.8. The molecule has 0 bridgehead atoms. The number of carbonyl (C=O) groups is 2. The number of ether oxygens (including phenoxy) is 1. The van der Waals surface area contributed by atoms with Crippen molar-refractivity contribution in [1.29, 1.82) is 0 Å². The Hall–Kier alpha value is -3.07. The number of sulfonamides is 1. The summed E-state index contributed by atoms with van der Waals surface area (Å²) in [4.78, 5) is 28.4. The summed E-state index contributed by atoms with van der Waals surface area (Å²) in [5.74, 6) is -0.365. The molecule has 0 aromatic heterocycles. The van der Waals surface area contributed by atoms with E-state index in [1.54, 1.807) is 31.2 Å². The Kier molecular flexibility index (Phi) is 10.8. The number of aryl methyl sites for hydroxylation is 1. The third-order valence-electron chi connectivity index (χ3n) is 5.97. The molecule has 0 saturated heterocycles. The van der Waals surface area contributed by atoms with Gasteiger partial charge in [-0.25, -0.2) is 8.42 Å². The van der Waals surface area contributed by atoms with E-state index in [-0.39, 0.29) is 24.2 Å². The summed E-state index contributed by atoms with van der Waals surface area (Å²) in [6, 6.07) is 13.6. The minimum absolute atomic E-state index is 0.0477. The van der Waals surface area contributed by atoms with Gasteiger partial charge >= 0.3 is 0 Å². The van der Waals surface area contributed by atoms with Crippen molar-refractivity contribution < 1.29 is 22.7 Å². The molecule has 0 aliphatic heterocycles. The van der Waals surface area contributed by atoms with E-state index in [1.807, 2.05) is 52.0 Å². The zero-order valence-electron chi connectivity index (χ0n) is 22.2. The van der Waals surface area contributed by atoms with Crippen LogP contribution >= 0.6 is 0 Å². The number of nitrogens with one attached hydrogen (secondary N) is 1. The van der Waals surface area contributed by atoms with E-state index < -0.39 is 28.5 Å². The third-order valence-corrected chi connectivity index (χ3v) is 7.10. The SMILES string of the molecule is CCOc1ccccc1N(CC(=O)N(Cc1ccc(C)cc1)[C@@H](CC)C(=O)N[C@@H](C)CC)S(C)(=O)=O. The van der Waals surface area contributed by atoms with Crippen molar-refractivity contribution in [2.75, 3.05) is 23.7 Å². The normalized spacial score (nSPS) is 12.9. The molecule has 0 radical (unpaired) electrons. The number of benzene rings is 2. The van der Waals surface area contributed by atoms with Crippen molar-refractivity contribution in [3.8, 4) is 5.75 Å². The number of nitrogens with zero attached hydrogens (tertiary/aromatic N) is 2. The molecular weight excluding hydrogens is 478 g/mol. The predicted octanol–water partition coefficient (Wildman–Crippen LogP) is 3.88. The molecule has 2 atom stereocenters. The van der Waals surface area contributed by atoms with Gasteiger partial charge in [-0.1, -0.05) is 55.8 Å². The Morgan fingerprint density at radius 2 is 1.64 bits per heavy atom. The van der Waals surface area contributed by atoms with E-state index in [0.717, 1.165) is 28.1 Å². The smallest absolute Gasteiger partial charge is 0.244 e. The molecule has 2 aromatic rings. The highest BCUT2D eigenvalue weighted by molar-refractivity contribution is 7.92. The van der Waals surface area contributed by atoms with Crippen LogP contribution in [0.3, 0.4) is 0 Å². The molecule has 0 saturated carbocycles. The zero-order valence-corrected chi connectivity index (χ0v) is 23.0. The van der Waals surface area contributed by atoms with Gasteiger partial charge in [0.25, 0.3) is 0 Å². The molecule has 2 aromatic carbocycles. The van der Waals surface area contributed by atoms with Gasteiger partial charge in [0.05, 0.1) is 18.6 Å². The molecule has 36 heavy (non-hydrogen) atoms. The Labute approximate surface area is 215 Å². The van der Waals surface area contributed by atoms with Gasteiger partial charge in [0, 0.05) is 12.6 Å². The first-order valence-corrected chi connectivity index (χ1v) is 14.2. The number of hydrogen-bond donors (Lipinski definition) is 1. The van der Waals surface area contributed by atoms with Crippen molar-refractivity contribution in [3.05, 3.63) is 59.7 Å². The molecule has 0 aliphatic carbocycles. The summed E-state index contributed by atoms with van der Waals surface area (Å²) in [7, 11) is -3.84. The lowest BCUT2D eigenvalue weighted by atomic mass is 10.1. The fourth-order valence-corrected chi connectivity index (χ4v) is 4.64. The lowest BCUT2D eigenvalue weighted by molar-refractivity contribution is -0.140. The Morgan fingerprint density at radius 3 is 2.19 bits per heavy atom. The average Bonchev–Trinajstić information content (AvgIpc) is 2.83. The van der Waals surface area contributed by atoms with Crippen LogP contribution in [0.15, 0.2) is 48.5 Å². The van der Waals surface area contributed by atoms with Gasteiger partial charge in [0.2, 0.25) is 21.8 Å². The van der Waals surface area contributed by atoms with E-state index in [1.165, 1.54) is 4.90 Å². The largest absolute Gasteiger partial charge is 0.492 e. The number of amides is 2. The predicted molar refractivity (Wildman–Crippen MR) is 144 cm³/mol. The van der Waals surface area contributed by atoms with Crippen molar-refractivity contribution in [2.24, 2.45) is 0 Å². The number of hydrogen-bond acceptors (Lipinski definition) is 5. The lowest BCUT2D eigenvalue weighted by Crippen LogP contribution is -2.53. The highest BCUT2D eigenvalue weighted by Crippen LogP contribution is 2.30. The van der Waals surface area contributed by atoms with Gasteiger partial charge in [-0.2, -0.15) is 0 Å². The molecule has 0 aliphatic rings. The van der Waals surface area contributed by atoms with Gasteiger partial charge in [-0.15, -0.1) is 0 Å². The molecule has 0 spiro atoms. The Morgan fingerprint density at radius 1 is 1.00 bits per heavy atom. The van der Waals surface area contributed by atoms with Gasteiger partial charge in [-0.05, 0) is 51.3 Å². The monoisotopic (exact) mass is 517 g/mol. The van der Waals surface area contributed by atoms with Gasteiger partial charge in [-0.3, -0.25) is 13.9 Å². The van der Waals surface area contributed by atoms with E-state index in [0.29, 0.717) is 18.8 Å². The Balaban J connectivity index is 2.47. The number of carbonyl (C=O) groups excluding carboxylic acids is 2. The summed E-state index contributed by atoms with van der Waals surface area (Å²) >= 11 is 0. The number of rotatable bonds is 13. The maximum atomic E-state index is 13.8. The van der Waals surface area contributed by atoms with Crippen LogP contribution in [0.25, 0.3) is 0 Å². The summed E-state index contributed by atoms with van der Waals surface area (Å²) in [6.45, 7) is 9.56. The van der Waals surface area contributed by atoms with Crippen molar-refractivity contribution in [1.82, 2.24) is 10.2 Å². The quantitative estimate of drug-likeness (QED) is 0.435. The maximum absolute atomic E-state index is 13.8. The van der Waals surface area contributed by atoms with Crippen molar-refractivity contribution in [2.45, 2.75) is 66.1 Å². The van der Waals surface area contributed by atoms with Crippen LogP contribution in [-0.4, -0.2) is 56.6 Å². The average molecular weight is 518 g/mol. The molecule has 8 nitrogen and oxygen atoms in total. The van der Waals surface area contributed by atoms with E-state index in [4.69, 9.17) is 4.74 Å². The van der Waals surface area contributed by atoms with Crippen LogP contribution in [-0.2, 0) is 26.2 Å². The fourth-order valence-electron chi connectivity index (χ4n) is 3.79. The van der Waals surface area contributed by atoms with E-state index >= 15 is 0 Å². The summed E-state index contributed by atoms with van der Waals surface area (Å²) in [5, 5.41) is 2.97. The molecule has 1 N–H and O–H groups in total. The minimum Gasteiger partial charge on any atom is -0.492 e. The zero-order chi connectivity index (χ0) is 26.9. The van der Waals surface area contributed by atoms with Gasteiger partial charge < -0.3 is 15.0 Å². The van der Waals surface area contributed by atoms with Crippen LogP contribution < -0.4 is 14.4 Å². The molecule has 2 rings (SSSR count). The molecule has 9 heteroatoms. The highest BCUT2D eigenvalue weighted by Gasteiger charge is 2.32. The molecule has 2 amide bonds. The first-order valence-electron chi connectivity index (χ1n) is 12.4. The van der Waals surface area contributed by atoms with Gasteiger partial charge in [0.1, 0.15) is 18.3 Å². The number of para-hydroxylation sites is 2. The second kappa shape index (κ2) is 13.3. The fraction of sp³-hybridized carbons (Fsp3) is 0.481. The molecule has 0 unspecified atom stereocenters. The van der Waals surface area contributed by atoms with Crippen LogP contribution in [0.2, 0.25) is 0 Å².